The van der Waals surface area contributed by atoms with E-state index < -0.39 is 0 Å². The van der Waals surface area contributed by atoms with Gasteiger partial charge in [-0.2, -0.15) is 0 Å². The van der Waals surface area contributed by atoms with E-state index in [4.69, 9.17) is 0 Å². The summed E-state index contributed by atoms with van der Waals surface area (Å²) < 4.78 is 13.7. The third-order valence-electron chi connectivity index (χ3n) is 4.17. The summed E-state index contributed by atoms with van der Waals surface area (Å²) in [7, 11) is 4.30. The van der Waals surface area contributed by atoms with E-state index in [0.29, 0.717) is 18.2 Å². The van der Waals surface area contributed by atoms with Crippen LogP contribution in [0.2, 0.25) is 0 Å². The van der Waals surface area contributed by atoms with Crippen LogP contribution in [0.3, 0.4) is 0 Å². The average Bonchev–Trinajstić information content (AvgIpc) is 2.58. The van der Waals surface area contributed by atoms with Crippen molar-refractivity contribution >= 4 is 0 Å². The first-order valence-electron chi connectivity index (χ1n) is 7.90. The zero-order valence-corrected chi connectivity index (χ0v) is 13.5. The number of halogens is 1. The topological polar surface area (TPSA) is 7.68 Å². The van der Waals surface area contributed by atoms with E-state index in [0.717, 1.165) is 0 Å². The first-order chi connectivity index (χ1) is 11.1. The summed E-state index contributed by atoms with van der Waals surface area (Å²) in [5.41, 5.74) is 3.09. The molecule has 0 unspecified atom stereocenters. The average molecular weight is 309 g/mol. The molecule has 1 aromatic carbocycles. The standard InChI is InChI=1S/C20H21FN2/c1-22(2)19-9-7-16(8-10-19)17-11-13-23(14-12-17)15-18-5-3-4-6-20(18)21/h3-14,19H,15H2,1-2H3/p+1. The molecule has 1 aromatic rings. The zero-order chi connectivity index (χ0) is 16.2. The highest BCUT2D eigenvalue weighted by Crippen LogP contribution is 2.20. The van der Waals surface area contributed by atoms with Gasteiger partial charge in [-0.05, 0) is 41.5 Å². The predicted molar refractivity (Wildman–Crippen MR) is 92.1 cm³/mol. The molecule has 1 N–H and O–H groups in total. The molecular weight excluding hydrogens is 287 g/mol. The number of likely N-dealkylation sites (N-methyl/N-ethyl adjacent to an activating group) is 1. The largest absolute Gasteiger partial charge is 0.350 e. The van der Waals surface area contributed by atoms with Gasteiger partial charge in [0.1, 0.15) is 11.9 Å². The molecule has 2 nitrogen and oxygen atoms in total. The van der Waals surface area contributed by atoms with E-state index in [1.807, 2.05) is 29.4 Å². The van der Waals surface area contributed by atoms with Crippen LogP contribution in [-0.2, 0) is 6.54 Å². The van der Waals surface area contributed by atoms with Crippen LogP contribution in [0.25, 0.3) is 0 Å². The fourth-order valence-electron chi connectivity index (χ4n) is 2.69. The Bertz CT molecular complexity index is 691. The van der Waals surface area contributed by atoms with Crippen molar-refractivity contribution in [3.8, 4) is 0 Å². The van der Waals surface area contributed by atoms with Gasteiger partial charge in [0.25, 0.3) is 0 Å². The molecule has 3 heteroatoms. The minimum absolute atomic E-state index is 0.158. The van der Waals surface area contributed by atoms with Gasteiger partial charge in [-0.15, -0.1) is 0 Å². The molecule has 1 aliphatic heterocycles. The summed E-state index contributed by atoms with van der Waals surface area (Å²) in [6.45, 7) is 0.542. The molecule has 118 valence electrons. The second kappa shape index (κ2) is 6.80. The maximum Gasteiger partial charge on any atom is 0.128 e. The molecule has 0 bridgehead atoms. The normalized spacial score (nSPS) is 20.0. The van der Waals surface area contributed by atoms with E-state index in [2.05, 4.69) is 50.6 Å². The Kier molecular flexibility index (Phi) is 4.58. The number of rotatable bonds is 3. The molecule has 0 amide bonds. The van der Waals surface area contributed by atoms with Crippen molar-refractivity contribution in [2.45, 2.75) is 12.6 Å². The van der Waals surface area contributed by atoms with Gasteiger partial charge in [0, 0.05) is 24.5 Å². The molecule has 0 radical (unpaired) electrons. The van der Waals surface area contributed by atoms with Gasteiger partial charge < -0.3 is 9.80 Å². The molecule has 3 rings (SSSR count). The van der Waals surface area contributed by atoms with Gasteiger partial charge in [-0.25, -0.2) is 4.39 Å². The van der Waals surface area contributed by atoms with Crippen LogP contribution in [0.4, 0.5) is 4.39 Å². The van der Waals surface area contributed by atoms with Gasteiger partial charge in [0.2, 0.25) is 0 Å². The SMILES string of the molecule is C[NH+](C)C1C=CC(=C2C=CN(Cc3ccccc3F)C=C2)C=C1. The number of hydrogen-bond acceptors (Lipinski definition) is 1. The van der Waals surface area contributed by atoms with Crippen LogP contribution in [0.5, 0.6) is 0 Å². The lowest BCUT2D eigenvalue weighted by molar-refractivity contribution is -0.871. The summed E-state index contributed by atoms with van der Waals surface area (Å²) >= 11 is 0. The molecule has 2 aliphatic rings. The predicted octanol–water partition coefficient (Wildman–Crippen LogP) is 2.60. The van der Waals surface area contributed by atoms with Gasteiger partial charge >= 0.3 is 0 Å². The lowest BCUT2D eigenvalue weighted by Gasteiger charge is -2.21. The van der Waals surface area contributed by atoms with Gasteiger partial charge in [0.05, 0.1) is 14.1 Å². The second-order valence-corrected chi connectivity index (χ2v) is 6.13. The van der Waals surface area contributed by atoms with Crippen molar-refractivity contribution in [3.05, 3.63) is 95.6 Å². The Morgan fingerprint density at radius 2 is 1.57 bits per heavy atom. The van der Waals surface area contributed by atoms with Crippen LogP contribution in [0.15, 0.2) is 84.3 Å². The summed E-state index contributed by atoms with van der Waals surface area (Å²) in [5.74, 6) is -0.158. The number of quaternary nitrogens is 1. The van der Waals surface area contributed by atoms with Gasteiger partial charge in [0.15, 0.2) is 0 Å². The fourth-order valence-corrected chi connectivity index (χ4v) is 2.69. The zero-order valence-electron chi connectivity index (χ0n) is 13.5. The van der Waals surface area contributed by atoms with Crippen molar-refractivity contribution in [3.63, 3.8) is 0 Å². The number of allylic oxidation sites excluding steroid dienone is 6. The Balaban J connectivity index is 1.69. The lowest BCUT2D eigenvalue weighted by atomic mass is 9.99. The molecule has 0 saturated heterocycles. The summed E-state index contributed by atoms with van der Waals surface area (Å²) in [6, 6.07) is 7.34. The lowest BCUT2D eigenvalue weighted by Crippen LogP contribution is -3.09. The van der Waals surface area contributed by atoms with Gasteiger partial charge in [-0.1, -0.05) is 30.4 Å². The van der Waals surface area contributed by atoms with Crippen LogP contribution in [0.1, 0.15) is 5.56 Å². The van der Waals surface area contributed by atoms with Crippen molar-refractivity contribution < 1.29 is 9.29 Å². The van der Waals surface area contributed by atoms with Crippen LogP contribution < -0.4 is 4.90 Å². The third-order valence-corrected chi connectivity index (χ3v) is 4.17. The van der Waals surface area contributed by atoms with Crippen molar-refractivity contribution in [1.29, 1.82) is 0 Å². The van der Waals surface area contributed by atoms with E-state index in [-0.39, 0.29) is 5.82 Å². The molecule has 0 saturated carbocycles. The van der Waals surface area contributed by atoms with Crippen LogP contribution in [-0.4, -0.2) is 25.0 Å². The minimum Gasteiger partial charge on any atom is -0.350 e. The monoisotopic (exact) mass is 309 g/mol. The Labute approximate surface area is 137 Å². The van der Waals surface area contributed by atoms with Crippen LogP contribution in [0, 0.1) is 5.82 Å². The number of hydrogen-bond donors (Lipinski definition) is 1. The highest BCUT2D eigenvalue weighted by atomic mass is 19.1. The molecule has 23 heavy (non-hydrogen) atoms. The second-order valence-electron chi connectivity index (χ2n) is 6.13. The fraction of sp³-hybridized carbons (Fsp3) is 0.200. The summed E-state index contributed by atoms with van der Waals surface area (Å²) in [5, 5.41) is 0. The third kappa shape index (κ3) is 3.69. The highest BCUT2D eigenvalue weighted by Gasteiger charge is 2.12. The Morgan fingerprint density at radius 1 is 0.957 bits per heavy atom. The number of nitrogens with zero attached hydrogens (tertiary/aromatic N) is 1. The molecule has 1 heterocycles. The van der Waals surface area contributed by atoms with E-state index in [1.165, 1.54) is 22.1 Å². The minimum atomic E-state index is -0.158. The maximum atomic E-state index is 13.7. The van der Waals surface area contributed by atoms with E-state index in [9.17, 15) is 4.39 Å². The number of nitrogens with one attached hydrogen (secondary N) is 1. The molecular formula is C20H22FN2+. The smallest absolute Gasteiger partial charge is 0.128 e. The van der Waals surface area contributed by atoms with Crippen molar-refractivity contribution in [2.24, 2.45) is 0 Å². The number of benzene rings is 1. The highest BCUT2D eigenvalue weighted by molar-refractivity contribution is 5.50. The Hall–Kier alpha value is -2.39. The van der Waals surface area contributed by atoms with E-state index in [1.54, 1.807) is 6.07 Å². The molecule has 1 aliphatic carbocycles. The maximum absolute atomic E-state index is 13.7. The first-order valence-corrected chi connectivity index (χ1v) is 7.90. The molecule has 0 fully saturated rings. The quantitative estimate of drug-likeness (QED) is 0.902. The Morgan fingerprint density at radius 3 is 2.17 bits per heavy atom. The van der Waals surface area contributed by atoms with Crippen LogP contribution >= 0.6 is 0 Å². The van der Waals surface area contributed by atoms with E-state index >= 15 is 0 Å². The summed E-state index contributed by atoms with van der Waals surface area (Å²) in [4.78, 5) is 3.39. The molecule has 0 aromatic heterocycles. The van der Waals surface area contributed by atoms with Crippen molar-refractivity contribution in [1.82, 2.24) is 4.90 Å². The van der Waals surface area contributed by atoms with Crippen molar-refractivity contribution in [2.75, 3.05) is 14.1 Å². The molecule has 0 atom stereocenters. The van der Waals surface area contributed by atoms with Gasteiger partial charge in [-0.3, -0.25) is 0 Å². The first kappa shape index (κ1) is 15.5. The molecule has 0 spiro atoms. The summed E-state index contributed by atoms with van der Waals surface area (Å²) in [6.07, 6.45) is 17.0.